The predicted molar refractivity (Wildman–Crippen MR) is 155 cm³/mol. The fourth-order valence-corrected chi connectivity index (χ4v) is 5.39. The number of hydrogen-bond acceptors (Lipinski definition) is 8. The summed E-state index contributed by atoms with van der Waals surface area (Å²) in [6.07, 6.45) is -0.434. The normalized spacial score (nSPS) is 13.2. The molecular weight excluding hydrogens is 570 g/mol. The highest BCUT2D eigenvalue weighted by molar-refractivity contribution is 7.89. The molecule has 0 aromatic heterocycles. The van der Waals surface area contributed by atoms with Crippen LogP contribution in [0.5, 0.6) is 0 Å². The molecule has 0 bridgehead atoms. The Morgan fingerprint density at radius 3 is 2.38 bits per heavy atom. The maximum absolute atomic E-state index is 13.2. The van der Waals surface area contributed by atoms with Gasteiger partial charge in [0.25, 0.3) is 0 Å². The van der Waals surface area contributed by atoms with Gasteiger partial charge in [0.05, 0.1) is 24.0 Å². The largest absolute Gasteiger partial charge is 0.481 e. The van der Waals surface area contributed by atoms with Gasteiger partial charge < -0.3 is 30.9 Å². The number of carboxylic acids is 1. The maximum atomic E-state index is 13.2. The van der Waals surface area contributed by atoms with Crippen molar-refractivity contribution in [3.8, 4) is 0 Å². The van der Waals surface area contributed by atoms with Gasteiger partial charge >= 0.3 is 11.9 Å². The Morgan fingerprint density at radius 1 is 1.10 bits per heavy atom. The quantitative estimate of drug-likeness (QED) is 0.0397. The molecule has 42 heavy (non-hydrogen) atoms. The molecular formula is C26H40N7O8S+. The lowest BCUT2D eigenvalue weighted by molar-refractivity contribution is -0.460. The number of carboxylic acid groups (broad SMARTS) is 1. The summed E-state index contributed by atoms with van der Waals surface area (Å²) in [6, 6.07) is 7.25. The van der Waals surface area contributed by atoms with Gasteiger partial charge in [0.15, 0.2) is 5.79 Å². The van der Waals surface area contributed by atoms with Crippen molar-refractivity contribution in [2.45, 2.75) is 55.4 Å². The third kappa shape index (κ3) is 10.4. The Morgan fingerprint density at radius 2 is 1.79 bits per heavy atom. The highest BCUT2D eigenvalue weighted by Gasteiger charge is 2.31. The van der Waals surface area contributed by atoms with Crippen LogP contribution in [-0.4, -0.2) is 92.5 Å². The molecule has 2 rings (SSSR count). The van der Waals surface area contributed by atoms with E-state index < -0.39 is 58.6 Å². The van der Waals surface area contributed by atoms with Crippen LogP contribution < -0.4 is 36.7 Å². The maximum Gasteiger partial charge on any atom is 0.338 e. The van der Waals surface area contributed by atoms with Gasteiger partial charge in [0.1, 0.15) is 6.04 Å². The summed E-state index contributed by atoms with van der Waals surface area (Å²) in [5.74, 6) is -5.27. The Labute approximate surface area is 244 Å². The molecule has 0 unspecified atom stereocenters. The molecule has 0 heterocycles. The molecule has 0 radical (unpaired) electrons. The first-order valence-electron chi connectivity index (χ1n) is 13.1. The smallest absolute Gasteiger partial charge is 0.338 e. The molecule has 2 amide bonds. The zero-order chi connectivity index (χ0) is 31.7. The van der Waals surface area contributed by atoms with E-state index >= 15 is 0 Å². The number of anilines is 1. The third-order valence-electron chi connectivity index (χ3n) is 6.30. The highest BCUT2D eigenvalue weighted by atomic mass is 32.2. The third-order valence-corrected chi connectivity index (χ3v) is 7.77. The summed E-state index contributed by atoms with van der Waals surface area (Å²) in [4.78, 5) is 41.0. The van der Waals surface area contributed by atoms with Gasteiger partial charge in [-0.05, 0) is 49.8 Å². The first-order chi connectivity index (χ1) is 19.5. The number of guanidine groups is 1. The fourth-order valence-electron chi connectivity index (χ4n) is 4.13. The first-order valence-corrected chi connectivity index (χ1v) is 14.6. The SMILES string of the molecule is CN(C)c1cccc2cc(S(=O)(=O)N[C@@H](CCC(=O)O)C(=O)NCC(=O)N[C@@H](CCC[NH+]=C(N)N)C(C)(O)O)ccc12. The average Bonchev–Trinajstić information content (AvgIpc) is 2.89. The molecule has 0 aliphatic heterocycles. The van der Waals surface area contributed by atoms with E-state index in [0.717, 1.165) is 18.0 Å². The average molecular weight is 611 g/mol. The lowest BCUT2D eigenvalue weighted by atomic mass is 10.0. The number of aliphatic hydroxyl groups is 2. The molecule has 0 aliphatic carbocycles. The molecule has 16 heteroatoms. The second-order valence-corrected chi connectivity index (χ2v) is 11.8. The monoisotopic (exact) mass is 610 g/mol. The van der Waals surface area contributed by atoms with Gasteiger partial charge in [-0.3, -0.25) is 30.8 Å². The van der Waals surface area contributed by atoms with E-state index in [-0.39, 0.29) is 23.7 Å². The Kier molecular flexibility index (Phi) is 12.0. The van der Waals surface area contributed by atoms with Crippen molar-refractivity contribution < 1.29 is 43.1 Å². The van der Waals surface area contributed by atoms with Crippen molar-refractivity contribution >= 4 is 50.2 Å². The Hall–Kier alpha value is -3.99. The number of amides is 2. The molecule has 2 aromatic carbocycles. The van der Waals surface area contributed by atoms with Crippen LogP contribution in [0, 0.1) is 0 Å². The van der Waals surface area contributed by atoms with Crippen LogP contribution in [0.1, 0.15) is 32.6 Å². The van der Waals surface area contributed by atoms with Gasteiger partial charge in [-0.25, -0.2) is 8.42 Å². The Bertz CT molecular complexity index is 1400. The van der Waals surface area contributed by atoms with E-state index in [1.165, 1.54) is 12.1 Å². The lowest BCUT2D eigenvalue weighted by Crippen LogP contribution is -2.78. The number of aliphatic carboxylic acids is 1. The van der Waals surface area contributed by atoms with Crippen molar-refractivity contribution in [1.29, 1.82) is 0 Å². The topological polar surface area (TPSA) is 251 Å². The lowest BCUT2D eigenvalue weighted by Gasteiger charge is -2.28. The predicted octanol–water partition coefficient (Wildman–Crippen LogP) is -3.15. The number of hydrogen-bond donors (Lipinski definition) is 9. The van der Waals surface area contributed by atoms with Gasteiger partial charge in [-0.1, -0.05) is 18.2 Å². The van der Waals surface area contributed by atoms with Crippen molar-refractivity contribution in [1.82, 2.24) is 15.4 Å². The highest BCUT2D eigenvalue weighted by Crippen LogP contribution is 2.27. The van der Waals surface area contributed by atoms with E-state index in [2.05, 4.69) is 20.3 Å². The standard InChI is InChI=1S/C26H39N7O8S/c1-26(38,39)21(8-5-13-29-25(27)28)31-22(34)15-30-24(37)19(11-12-23(35)36)32-42(40,41)17-9-10-18-16(14-17)6-4-7-20(18)33(2)3/h4,6-7,9-10,14,19,21,32,38-39H,5,8,11-13,15H2,1-3H3,(H,30,37)(H,31,34)(H,35,36)(H4,27,28,29)/p+1/t19-,21-/m0/s1. The minimum absolute atomic E-state index is 0.0128. The van der Waals surface area contributed by atoms with Crippen LogP contribution in [0.2, 0.25) is 0 Å². The van der Waals surface area contributed by atoms with Crippen molar-refractivity contribution in [3.05, 3.63) is 36.4 Å². The van der Waals surface area contributed by atoms with E-state index in [1.807, 2.05) is 25.1 Å². The number of sulfonamides is 1. The van der Waals surface area contributed by atoms with Crippen LogP contribution >= 0.6 is 0 Å². The zero-order valence-corrected chi connectivity index (χ0v) is 24.6. The molecule has 11 N–H and O–H groups in total. The Balaban J connectivity index is 2.14. The van der Waals surface area contributed by atoms with Crippen LogP contribution in [0.25, 0.3) is 10.8 Å². The number of carbonyl (C=O) groups excluding carboxylic acids is 2. The van der Waals surface area contributed by atoms with Crippen LogP contribution in [-0.2, 0) is 24.4 Å². The van der Waals surface area contributed by atoms with Gasteiger partial charge in [0.2, 0.25) is 21.8 Å². The second-order valence-electron chi connectivity index (χ2n) is 10.1. The minimum Gasteiger partial charge on any atom is -0.481 e. The molecule has 2 aromatic rings. The number of nitrogens with two attached hydrogens (primary N) is 2. The van der Waals surface area contributed by atoms with Gasteiger partial charge in [-0.2, -0.15) is 4.72 Å². The number of nitrogens with one attached hydrogen (secondary N) is 4. The van der Waals surface area contributed by atoms with E-state index in [1.54, 1.807) is 18.2 Å². The second kappa shape index (κ2) is 14.8. The molecule has 232 valence electrons. The summed E-state index contributed by atoms with van der Waals surface area (Å²) < 4.78 is 28.7. The van der Waals surface area contributed by atoms with E-state index in [4.69, 9.17) is 16.6 Å². The first kappa shape index (κ1) is 34.2. The summed E-state index contributed by atoms with van der Waals surface area (Å²) in [7, 11) is -0.569. The molecule has 2 atom stereocenters. The summed E-state index contributed by atoms with van der Waals surface area (Å²) >= 11 is 0. The minimum atomic E-state index is -4.28. The number of rotatable bonds is 16. The summed E-state index contributed by atoms with van der Waals surface area (Å²) in [6.45, 7) is 0.751. The molecule has 0 saturated heterocycles. The van der Waals surface area contributed by atoms with E-state index in [0.29, 0.717) is 18.4 Å². The molecule has 0 fully saturated rings. The number of fused-ring (bicyclic) bond motifs is 1. The molecule has 0 saturated carbocycles. The van der Waals surface area contributed by atoms with Gasteiger partial charge in [-0.15, -0.1) is 0 Å². The molecule has 0 spiro atoms. The van der Waals surface area contributed by atoms with E-state index in [9.17, 15) is 33.0 Å². The molecule has 0 aliphatic rings. The van der Waals surface area contributed by atoms with Crippen molar-refractivity contribution in [3.63, 3.8) is 0 Å². The summed E-state index contributed by atoms with van der Waals surface area (Å²) in [5.41, 5.74) is 11.5. The number of carbonyl (C=O) groups is 3. The van der Waals surface area contributed by atoms with Crippen molar-refractivity contribution in [2.75, 3.05) is 32.1 Å². The summed E-state index contributed by atoms with van der Waals surface area (Å²) in [5, 5.41) is 35.3. The van der Waals surface area contributed by atoms with Crippen LogP contribution in [0.3, 0.4) is 0 Å². The van der Waals surface area contributed by atoms with Crippen molar-refractivity contribution in [2.24, 2.45) is 11.5 Å². The van der Waals surface area contributed by atoms with Crippen LogP contribution in [0.15, 0.2) is 41.3 Å². The number of nitrogens with zero attached hydrogens (tertiary/aromatic N) is 1. The van der Waals surface area contributed by atoms with Crippen LogP contribution in [0.4, 0.5) is 5.69 Å². The number of benzene rings is 2. The molecule has 15 nitrogen and oxygen atoms in total. The zero-order valence-electron chi connectivity index (χ0n) is 23.8. The fraction of sp³-hybridized carbons (Fsp3) is 0.462. The van der Waals surface area contributed by atoms with Gasteiger partial charge in [0, 0.05) is 31.6 Å².